The average Bonchev–Trinajstić information content (AvgIpc) is 2.06. The molecule has 0 aromatic heterocycles. The van der Waals surface area contributed by atoms with Gasteiger partial charge in [-0.25, -0.2) is 0 Å². The molecule has 0 saturated carbocycles. The van der Waals surface area contributed by atoms with Gasteiger partial charge in [0.15, 0.2) is 0 Å². The highest BCUT2D eigenvalue weighted by Gasteiger charge is 2.16. The summed E-state index contributed by atoms with van der Waals surface area (Å²) in [6, 6.07) is 5.79. The summed E-state index contributed by atoms with van der Waals surface area (Å²) in [6.07, 6.45) is 0. The molecule has 0 amide bonds. The van der Waals surface area contributed by atoms with Crippen LogP contribution < -0.4 is 9.16 Å². The van der Waals surface area contributed by atoms with Crippen molar-refractivity contribution in [3.63, 3.8) is 0 Å². The summed E-state index contributed by atoms with van der Waals surface area (Å²) < 4.78 is 12.0. The second-order valence-electron chi connectivity index (χ2n) is 4.01. The molecule has 0 aliphatic carbocycles. The number of halogens is 1. The minimum Gasteiger partial charge on any atom is -0.544 e. The highest BCUT2D eigenvalue weighted by atomic mass is 79.9. The topological polar surface area (TPSA) is 18.5 Å². The van der Waals surface area contributed by atoms with Crippen LogP contribution in [0.1, 0.15) is 0 Å². The molecule has 0 atom stereocenters. The summed E-state index contributed by atoms with van der Waals surface area (Å²) in [5.74, 6) is 1.69. The Hall–Kier alpha value is -0.483. The first kappa shape index (κ1) is 11.6. The quantitative estimate of drug-likeness (QED) is 0.783. The Morgan fingerprint density at radius 3 is 2.36 bits per heavy atom. The van der Waals surface area contributed by atoms with Gasteiger partial charge in [0.2, 0.25) is 8.32 Å². The number of hydrogen-bond acceptors (Lipinski definition) is 2. The predicted octanol–water partition coefficient (Wildman–Crippen LogP) is 3.67. The highest BCUT2D eigenvalue weighted by Crippen LogP contribution is 2.30. The van der Waals surface area contributed by atoms with Gasteiger partial charge in [0, 0.05) is 6.07 Å². The molecule has 78 valence electrons. The van der Waals surface area contributed by atoms with Crippen molar-refractivity contribution in [1.82, 2.24) is 0 Å². The molecule has 1 aromatic carbocycles. The van der Waals surface area contributed by atoms with Crippen molar-refractivity contribution in [3.8, 4) is 11.5 Å². The Balaban J connectivity index is 2.90. The summed E-state index contributed by atoms with van der Waals surface area (Å²) in [7, 11) is 0.129. The van der Waals surface area contributed by atoms with Crippen molar-refractivity contribution in [3.05, 3.63) is 22.7 Å². The van der Waals surface area contributed by atoms with Crippen LogP contribution in [0.3, 0.4) is 0 Å². The fraction of sp³-hybridized carbons (Fsp3) is 0.400. The molecule has 0 fully saturated rings. The summed E-state index contributed by atoms with van der Waals surface area (Å²) in [4.78, 5) is 0. The molecule has 0 radical (unpaired) electrons. The number of ether oxygens (including phenoxy) is 1. The standard InChI is InChI=1S/C10H15BrO2Si/c1-12-10-7-8(5-6-9(10)11)13-14(2,3)4/h5-7H,1-4H3. The van der Waals surface area contributed by atoms with E-state index in [1.807, 2.05) is 18.2 Å². The third kappa shape index (κ3) is 3.34. The van der Waals surface area contributed by atoms with Crippen LogP contribution in [0.15, 0.2) is 22.7 Å². The van der Waals surface area contributed by atoms with Crippen molar-refractivity contribution in [2.24, 2.45) is 0 Å². The monoisotopic (exact) mass is 274 g/mol. The normalized spacial score (nSPS) is 11.2. The van der Waals surface area contributed by atoms with Crippen LogP contribution in [-0.2, 0) is 0 Å². The van der Waals surface area contributed by atoms with E-state index < -0.39 is 8.32 Å². The second-order valence-corrected chi connectivity index (χ2v) is 9.29. The Morgan fingerprint density at radius 2 is 1.86 bits per heavy atom. The van der Waals surface area contributed by atoms with Crippen LogP contribution in [0, 0.1) is 0 Å². The first-order valence-corrected chi connectivity index (χ1v) is 8.65. The average molecular weight is 275 g/mol. The molecular formula is C10H15BrO2Si. The zero-order chi connectivity index (χ0) is 10.8. The van der Waals surface area contributed by atoms with E-state index in [1.54, 1.807) is 7.11 Å². The predicted molar refractivity (Wildman–Crippen MR) is 64.7 cm³/mol. The zero-order valence-corrected chi connectivity index (χ0v) is 11.5. The maximum atomic E-state index is 5.84. The molecule has 0 aliphatic heterocycles. The smallest absolute Gasteiger partial charge is 0.242 e. The van der Waals surface area contributed by atoms with Gasteiger partial charge in [0.05, 0.1) is 11.6 Å². The van der Waals surface area contributed by atoms with E-state index in [9.17, 15) is 0 Å². The summed E-state index contributed by atoms with van der Waals surface area (Å²) in [5, 5.41) is 0. The maximum absolute atomic E-state index is 5.84. The van der Waals surface area contributed by atoms with E-state index in [-0.39, 0.29) is 0 Å². The third-order valence-corrected chi connectivity index (χ3v) is 3.05. The zero-order valence-electron chi connectivity index (χ0n) is 8.93. The number of hydrogen-bond donors (Lipinski definition) is 0. The molecule has 0 aliphatic rings. The summed E-state index contributed by atoms with van der Waals surface area (Å²) in [6.45, 7) is 6.46. The van der Waals surface area contributed by atoms with Gasteiger partial charge < -0.3 is 9.16 Å². The van der Waals surface area contributed by atoms with E-state index in [1.165, 1.54) is 0 Å². The van der Waals surface area contributed by atoms with E-state index in [2.05, 4.69) is 35.6 Å². The van der Waals surface area contributed by atoms with Gasteiger partial charge in [0.25, 0.3) is 0 Å². The van der Waals surface area contributed by atoms with Crippen molar-refractivity contribution in [2.75, 3.05) is 7.11 Å². The Morgan fingerprint density at radius 1 is 1.21 bits per heavy atom. The van der Waals surface area contributed by atoms with Gasteiger partial charge >= 0.3 is 0 Å². The fourth-order valence-electron chi connectivity index (χ4n) is 1.06. The Bertz CT molecular complexity index is 320. The number of rotatable bonds is 3. The lowest BCUT2D eigenvalue weighted by atomic mass is 10.3. The van der Waals surface area contributed by atoms with Crippen molar-refractivity contribution in [1.29, 1.82) is 0 Å². The van der Waals surface area contributed by atoms with Crippen LogP contribution in [0.2, 0.25) is 19.6 Å². The molecule has 0 saturated heterocycles. The highest BCUT2D eigenvalue weighted by molar-refractivity contribution is 9.10. The van der Waals surface area contributed by atoms with E-state index in [4.69, 9.17) is 9.16 Å². The summed E-state index contributed by atoms with van der Waals surface area (Å²) in [5.41, 5.74) is 0. The van der Waals surface area contributed by atoms with Crippen molar-refractivity contribution in [2.45, 2.75) is 19.6 Å². The molecule has 14 heavy (non-hydrogen) atoms. The Labute approximate surface area is 94.5 Å². The molecule has 4 heteroatoms. The first-order chi connectivity index (χ1) is 6.42. The van der Waals surface area contributed by atoms with Crippen LogP contribution in [0.5, 0.6) is 11.5 Å². The van der Waals surface area contributed by atoms with Gasteiger partial charge in [-0.2, -0.15) is 0 Å². The lowest BCUT2D eigenvalue weighted by molar-refractivity contribution is 0.409. The van der Waals surface area contributed by atoms with E-state index >= 15 is 0 Å². The lowest BCUT2D eigenvalue weighted by Gasteiger charge is -2.19. The molecule has 2 nitrogen and oxygen atoms in total. The van der Waals surface area contributed by atoms with Crippen LogP contribution in [-0.4, -0.2) is 15.4 Å². The third-order valence-electron chi connectivity index (χ3n) is 1.55. The molecule has 0 heterocycles. The fourth-order valence-corrected chi connectivity index (χ4v) is 2.30. The van der Waals surface area contributed by atoms with Gasteiger partial charge in [-0.05, 0) is 47.7 Å². The minimum absolute atomic E-state index is 0.806. The Kier molecular flexibility index (Phi) is 3.61. The SMILES string of the molecule is COc1cc(O[Si](C)(C)C)ccc1Br. The summed E-state index contributed by atoms with van der Waals surface area (Å²) >= 11 is 3.40. The van der Waals surface area contributed by atoms with E-state index in [0.717, 1.165) is 16.0 Å². The maximum Gasteiger partial charge on any atom is 0.242 e. The van der Waals surface area contributed by atoms with Crippen LogP contribution >= 0.6 is 15.9 Å². The lowest BCUT2D eigenvalue weighted by Crippen LogP contribution is -2.29. The minimum atomic E-state index is -1.52. The van der Waals surface area contributed by atoms with Crippen molar-refractivity contribution < 1.29 is 9.16 Å². The van der Waals surface area contributed by atoms with E-state index in [0.29, 0.717) is 0 Å². The molecule has 0 spiro atoms. The van der Waals surface area contributed by atoms with Gasteiger partial charge in [0.1, 0.15) is 11.5 Å². The number of benzene rings is 1. The first-order valence-electron chi connectivity index (χ1n) is 4.45. The molecule has 0 bridgehead atoms. The molecule has 0 N–H and O–H groups in total. The molecular weight excluding hydrogens is 260 g/mol. The van der Waals surface area contributed by atoms with Crippen molar-refractivity contribution >= 4 is 24.2 Å². The second kappa shape index (κ2) is 4.36. The molecule has 0 unspecified atom stereocenters. The number of methoxy groups -OCH3 is 1. The largest absolute Gasteiger partial charge is 0.544 e. The van der Waals surface area contributed by atoms with Crippen LogP contribution in [0.25, 0.3) is 0 Å². The molecule has 1 rings (SSSR count). The van der Waals surface area contributed by atoms with Crippen LogP contribution in [0.4, 0.5) is 0 Å². The molecule has 1 aromatic rings. The van der Waals surface area contributed by atoms with Gasteiger partial charge in [-0.3, -0.25) is 0 Å². The van der Waals surface area contributed by atoms with Gasteiger partial charge in [-0.1, -0.05) is 0 Å². The van der Waals surface area contributed by atoms with Gasteiger partial charge in [-0.15, -0.1) is 0 Å².